The summed E-state index contributed by atoms with van der Waals surface area (Å²) in [5.74, 6) is -1.25. The molecule has 2 atom stereocenters. The summed E-state index contributed by atoms with van der Waals surface area (Å²) in [7, 11) is -2.71. The fourth-order valence-corrected chi connectivity index (χ4v) is 6.42. The van der Waals surface area contributed by atoms with E-state index in [9.17, 15) is 18.3 Å². The summed E-state index contributed by atoms with van der Waals surface area (Å²) in [6.07, 6.45) is 0.288. The Morgan fingerprint density at radius 2 is 1.84 bits per heavy atom. The lowest BCUT2D eigenvalue weighted by molar-refractivity contribution is -0.134. The van der Waals surface area contributed by atoms with Crippen molar-refractivity contribution in [2.45, 2.75) is 30.5 Å². The molecule has 2 aromatic heterocycles. The first kappa shape index (κ1) is 31.1. The molecular weight excluding hydrogens is 632 g/mol. The van der Waals surface area contributed by atoms with E-state index in [2.05, 4.69) is 19.8 Å². The highest BCUT2D eigenvalue weighted by Gasteiger charge is 2.27. The number of aliphatic hydroxyl groups is 1. The van der Waals surface area contributed by atoms with Crippen molar-refractivity contribution in [2.24, 2.45) is 0 Å². The van der Waals surface area contributed by atoms with Gasteiger partial charge in [0, 0.05) is 12.6 Å². The molecule has 0 spiro atoms. The summed E-state index contributed by atoms with van der Waals surface area (Å²) in [6.45, 7) is 1.46. The van der Waals surface area contributed by atoms with E-state index < -0.39 is 28.0 Å². The number of nitrogens with two attached hydrogens (primary N) is 1. The van der Waals surface area contributed by atoms with Crippen molar-refractivity contribution >= 4 is 61.7 Å². The van der Waals surface area contributed by atoms with E-state index >= 15 is 4.39 Å². The average molecular weight is 659 g/mol. The SMILES string of the molecule is C[C@@H]([C@@H](O)c1ccccc1)N(C)C(=O)Cn1nc(-c2ccc(NS(=O)(=O)c3cccc(Cl)c3Cl)c(F)c2)c2c(N)ncnc21. The van der Waals surface area contributed by atoms with Crippen molar-refractivity contribution in [3.8, 4) is 11.3 Å². The zero-order chi connectivity index (χ0) is 31.8. The minimum absolute atomic E-state index is 0.0270. The van der Waals surface area contributed by atoms with Crippen LogP contribution in [0, 0.1) is 5.82 Å². The molecule has 0 bridgehead atoms. The Kier molecular flexibility index (Phi) is 8.75. The lowest BCUT2D eigenvalue weighted by Crippen LogP contribution is -2.40. The van der Waals surface area contributed by atoms with Gasteiger partial charge in [-0.3, -0.25) is 9.52 Å². The van der Waals surface area contributed by atoms with Gasteiger partial charge in [-0.05, 0) is 36.8 Å². The van der Waals surface area contributed by atoms with Crippen LogP contribution in [0.25, 0.3) is 22.3 Å². The van der Waals surface area contributed by atoms with Crippen LogP contribution < -0.4 is 10.5 Å². The molecule has 0 fully saturated rings. The van der Waals surface area contributed by atoms with Gasteiger partial charge < -0.3 is 15.7 Å². The van der Waals surface area contributed by atoms with E-state index in [1.165, 1.54) is 46.2 Å². The van der Waals surface area contributed by atoms with E-state index in [4.69, 9.17) is 28.9 Å². The molecule has 0 aliphatic rings. The van der Waals surface area contributed by atoms with E-state index in [1.54, 1.807) is 38.2 Å². The standard InChI is InChI=1S/C29H26Cl2FN7O4S/c1-16(27(41)17-7-4-3-5-8-17)38(2)23(40)14-39-29-24(28(33)34-15-35-29)26(36-39)18-11-12-21(20(32)13-18)37-44(42,43)22-10-6-9-19(30)25(22)31/h3-13,15-16,27,37,41H,14H2,1-2H3,(H2,33,34,35)/t16-,27+/m0/s1. The van der Waals surface area contributed by atoms with E-state index in [1.807, 2.05) is 6.07 Å². The van der Waals surface area contributed by atoms with E-state index in [-0.39, 0.29) is 61.2 Å². The number of aromatic nitrogens is 4. The highest BCUT2D eigenvalue weighted by Crippen LogP contribution is 2.34. The lowest BCUT2D eigenvalue weighted by Gasteiger charge is -2.29. The fraction of sp³-hybridized carbons (Fsp3) is 0.172. The van der Waals surface area contributed by atoms with Gasteiger partial charge in [-0.25, -0.2) is 27.5 Å². The van der Waals surface area contributed by atoms with Gasteiger partial charge in [-0.1, -0.05) is 65.7 Å². The smallest absolute Gasteiger partial charge is 0.263 e. The number of hydrogen-bond acceptors (Lipinski definition) is 8. The second-order valence-electron chi connectivity index (χ2n) is 9.92. The number of carbonyl (C=O) groups excluding carboxylic acids is 1. The number of benzene rings is 3. The number of anilines is 2. The van der Waals surface area contributed by atoms with Crippen LogP contribution in [0.2, 0.25) is 10.0 Å². The maximum atomic E-state index is 15.3. The highest BCUT2D eigenvalue weighted by atomic mass is 35.5. The Hall–Kier alpha value is -4.30. The molecule has 11 nitrogen and oxygen atoms in total. The second kappa shape index (κ2) is 12.4. The third-order valence-corrected chi connectivity index (χ3v) is 9.48. The molecule has 15 heteroatoms. The molecule has 5 rings (SSSR count). The molecule has 228 valence electrons. The number of hydrogen-bond donors (Lipinski definition) is 3. The number of aliphatic hydroxyl groups excluding tert-OH is 1. The largest absolute Gasteiger partial charge is 0.386 e. The molecule has 3 aromatic carbocycles. The van der Waals surface area contributed by atoms with E-state index in [0.717, 1.165) is 6.07 Å². The van der Waals surface area contributed by atoms with Crippen LogP contribution in [-0.2, 0) is 21.4 Å². The quantitative estimate of drug-likeness (QED) is 0.202. The minimum Gasteiger partial charge on any atom is -0.386 e. The van der Waals surface area contributed by atoms with Gasteiger partial charge >= 0.3 is 0 Å². The topological polar surface area (TPSA) is 156 Å². The normalized spacial score (nSPS) is 13.0. The molecule has 0 aliphatic carbocycles. The Balaban J connectivity index is 1.44. The Morgan fingerprint density at radius 3 is 2.55 bits per heavy atom. The Labute approximate surface area is 262 Å². The molecule has 0 saturated heterocycles. The summed E-state index contributed by atoms with van der Waals surface area (Å²) in [6, 6.07) is 16.2. The van der Waals surface area contributed by atoms with Crippen molar-refractivity contribution in [1.29, 1.82) is 0 Å². The molecule has 4 N–H and O–H groups in total. The zero-order valence-corrected chi connectivity index (χ0v) is 25.6. The summed E-state index contributed by atoms with van der Waals surface area (Å²) >= 11 is 12.0. The second-order valence-corrected chi connectivity index (χ2v) is 12.4. The number of nitrogens with one attached hydrogen (secondary N) is 1. The molecule has 5 aromatic rings. The molecule has 2 heterocycles. The van der Waals surface area contributed by atoms with Gasteiger partial charge in [0.2, 0.25) is 5.91 Å². The summed E-state index contributed by atoms with van der Waals surface area (Å²) in [5, 5.41) is 15.4. The predicted molar refractivity (Wildman–Crippen MR) is 166 cm³/mol. The lowest BCUT2D eigenvalue weighted by atomic mass is 10.0. The molecule has 44 heavy (non-hydrogen) atoms. The number of likely N-dealkylation sites (N-methyl/N-ethyl adjacent to an activating group) is 1. The summed E-state index contributed by atoms with van der Waals surface area (Å²) in [4.78, 5) is 22.6. The zero-order valence-electron chi connectivity index (χ0n) is 23.3. The summed E-state index contributed by atoms with van der Waals surface area (Å²) < 4.78 is 44.6. The minimum atomic E-state index is -4.28. The number of nitrogens with zero attached hydrogens (tertiary/aromatic N) is 5. The van der Waals surface area contributed by atoms with Gasteiger partial charge in [-0.2, -0.15) is 5.10 Å². The van der Waals surface area contributed by atoms with Crippen LogP contribution in [0.1, 0.15) is 18.6 Å². The van der Waals surface area contributed by atoms with Crippen LogP contribution in [0.3, 0.4) is 0 Å². The number of amides is 1. The van der Waals surface area contributed by atoms with Gasteiger partial charge in [0.15, 0.2) is 5.65 Å². The van der Waals surface area contributed by atoms with Gasteiger partial charge in [0.25, 0.3) is 10.0 Å². The number of nitrogen functional groups attached to an aromatic ring is 1. The van der Waals surface area contributed by atoms with Crippen molar-refractivity contribution in [3.63, 3.8) is 0 Å². The van der Waals surface area contributed by atoms with Crippen molar-refractivity contribution in [3.05, 3.63) is 94.5 Å². The number of carbonyl (C=O) groups is 1. The Bertz CT molecular complexity index is 1980. The first-order chi connectivity index (χ1) is 20.9. The number of halogens is 3. The predicted octanol–water partition coefficient (Wildman–Crippen LogP) is 4.90. The van der Waals surface area contributed by atoms with Crippen LogP contribution in [-0.4, -0.2) is 57.2 Å². The molecule has 0 unspecified atom stereocenters. The monoisotopic (exact) mass is 657 g/mol. The number of rotatable bonds is 9. The van der Waals surface area contributed by atoms with Gasteiger partial charge in [0.05, 0.1) is 33.3 Å². The van der Waals surface area contributed by atoms with E-state index in [0.29, 0.717) is 5.56 Å². The van der Waals surface area contributed by atoms with Crippen molar-refractivity contribution in [1.82, 2.24) is 24.6 Å². The third kappa shape index (κ3) is 6.04. The molecule has 0 saturated carbocycles. The summed E-state index contributed by atoms with van der Waals surface area (Å²) in [5.41, 5.74) is 7.10. The fourth-order valence-electron chi connectivity index (χ4n) is 4.59. The van der Waals surface area contributed by atoms with Crippen LogP contribution in [0.4, 0.5) is 15.9 Å². The average Bonchev–Trinajstić information content (AvgIpc) is 3.38. The van der Waals surface area contributed by atoms with Crippen LogP contribution in [0.5, 0.6) is 0 Å². The number of fused-ring (bicyclic) bond motifs is 1. The molecule has 1 amide bonds. The van der Waals surface area contributed by atoms with Crippen LogP contribution in [0.15, 0.2) is 78.0 Å². The maximum absolute atomic E-state index is 15.3. The van der Waals surface area contributed by atoms with Gasteiger partial charge in [-0.15, -0.1) is 0 Å². The molecular formula is C29H26Cl2FN7O4S. The van der Waals surface area contributed by atoms with Crippen molar-refractivity contribution in [2.75, 3.05) is 17.5 Å². The molecule has 0 aliphatic heterocycles. The van der Waals surface area contributed by atoms with Crippen molar-refractivity contribution < 1.29 is 22.7 Å². The van der Waals surface area contributed by atoms with Crippen LogP contribution >= 0.6 is 23.2 Å². The third-order valence-electron chi connectivity index (χ3n) is 7.14. The maximum Gasteiger partial charge on any atom is 0.263 e. The first-order valence-electron chi connectivity index (χ1n) is 13.1. The molecule has 0 radical (unpaired) electrons. The van der Waals surface area contributed by atoms with Gasteiger partial charge in [0.1, 0.15) is 35.1 Å². The first-order valence-corrected chi connectivity index (χ1v) is 15.4. The Morgan fingerprint density at radius 1 is 1.11 bits per heavy atom. The highest BCUT2D eigenvalue weighted by molar-refractivity contribution is 7.92. The number of sulfonamides is 1.